The quantitative estimate of drug-likeness (QED) is 0.0765. The lowest BCUT2D eigenvalue weighted by atomic mass is 10.00. The molecule has 4 N–H and O–H groups in total. The number of rotatable bonds is 15. The number of para-hydroxylation sites is 3. The lowest BCUT2D eigenvalue weighted by molar-refractivity contribution is -0.117. The van der Waals surface area contributed by atoms with Crippen LogP contribution < -0.4 is 20.9 Å². The van der Waals surface area contributed by atoms with Gasteiger partial charge >= 0.3 is 6.09 Å². The zero-order valence-electron chi connectivity index (χ0n) is 32.9. The van der Waals surface area contributed by atoms with Gasteiger partial charge in [-0.25, -0.2) is 9.69 Å². The minimum absolute atomic E-state index is 0.125. The molecular weight excluding hydrogens is 739 g/mol. The van der Waals surface area contributed by atoms with Gasteiger partial charge in [-0.1, -0.05) is 121 Å². The molecular formula is C49H49N5O5. The van der Waals surface area contributed by atoms with Gasteiger partial charge in [-0.3, -0.25) is 9.59 Å². The number of benzene rings is 6. The molecule has 0 bridgehead atoms. The highest BCUT2D eigenvalue weighted by atomic mass is 16.6. The van der Waals surface area contributed by atoms with Crippen molar-refractivity contribution < 1.29 is 24.2 Å². The van der Waals surface area contributed by atoms with E-state index in [4.69, 9.17) is 4.74 Å². The number of likely N-dealkylation sites (tertiary alicyclic amines) is 1. The summed E-state index contributed by atoms with van der Waals surface area (Å²) in [6.45, 7) is 2.85. The fourth-order valence-corrected chi connectivity index (χ4v) is 7.30. The summed E-state index contributed by atoms with van der Waals surface area (Å²) in [6, 6.07) is 50.1. The Kier molecular flexibility index (Phi) is 13.8. The molecule has 1 aliphatic heterocycles. The first-order valence-electron chi connectivity index (χ1n) is 20.1. The maximum atomic E-state index is 14.5. The summed E-state index contributed by atoms with van der Waals surface area (Å²) in [5, 5.41) is 18.9. The van der Waals surface area contributed by atoms with Gasteiger partial charge in [0.1, 0.15) is 11.9 Å². The molecule has 1 fully saturated rings. The first-order valence-corrected chi connectivity index (χ1v) is 20.1. The van der Waals surface area contributed by atoms with Crippen molar-refractivity contribution in [1.29, 1.82) is 0 Å². The first kappa shape index (κ1) is 40.4. The minimum atomic E-state index is -0.436. The first-order chi connectivity index (χ1) is 28.9. The maximum Gasteiger partial charge on any atom is 0.419 e. The third-order valence-corrected chi connectivity index (χ3v) is 10.4. The molecule has 1 saturated heterocycles. The molecule has 1 heterocycles. The summed E-state index contributed by atoms with van der Waals surface area (Å²) in [7, 11) is 0. The number of ether oxygens (including phenoxy) is 1. The number of nitrogens with zero attached hydrogens (tertiary/aromatic N) is 2. The number of phenolic OH excluding ortho intramolecular Hbond substituents is 1. The number of phenols is 1. The normalized spacial score (nSPS) is 13.0. The van der Waals surface area contributed by atoms with Crippen LogP contribution in [0.15, 0.2) is 158 Å². The number of carbonyl (C=O) groups is 3. The van der Waals surface area contributed by atoms with Crippen LogP contribution in [0.2, 0.25) is 0 Å². The Morgan fingerprint density at radius 2 is 1.15 bits per heavy atom. The van der Waals surface area contributed by atoms with Gasteiger partial charge in [-0.2, -0.15) is 0 Å². The predicted octanol–water partition coefficient (Wildman–Crippen LogP) is 9.61. The second-order valence-electron chi connectivity index (χ2n) is 14.5. The van der Waals surface area contributed by atoms with Crippen LogP contribution in [0.25, 0.3) is 22.3 Å². The van der Waals surface area contributed by atoms with Crippen molar-refractivity contribution in [1.82, 2.24) is 10.2 Å². The van der Waals surface area contributed by atoms with E-state index in [-0.39, 0.29) is 30.1 Å². The van der Waals surface area contributed by atoms with Gasteiger partial charge in [0, 0.05) is 73.6 Å². The lowest BCUT2D eigenvalue weighted by Crippen LogP contribution is -2.41. The molecule has 0 unspecified atom stereocenters. The van der Waals surface area contributed by atoms with Crippen LogP contribution >= 0.6 is 0 Å². The third-order valence-electron chi connectivity index (χ3n) is 10.4. The van der Waals surface area contributed by atoms with Crippen molar-refractivity contribution in [2.24, 2.45) is 0 Å². The molecule has 10 heteroatoms. The Labute approximate surface area is 345 Å². The van der Waals surface area contributed by atoms with Crippen LogP contribution in [-0.2, 0) is 20.9 Å². The zero-order chi connectivity index (χ0) is 40.8. The summed E-state index contributed by atoms with van der Waals surface area (Å²) >= 11 is 0. The Balaban J connectivity index is 0.920. The molecule has 300 valence electrons. The molecule has 0 spiro atoms. The summed E-state index contributed by atoms with van der Waals surface area (Å²) in [6.07, 6.45) is 1.12. The van der Waals surface area contributed by atoms with E-state index in [1.807, 2.05) is 121 Å². The third kappa shape index (κ3) is 11.0. The maximum absolute atomic E-state index is 14.5. The fourth-order valence-electron chi connectivity index (χ4n) is 7.30. The van der Waals surface area contributed by atoms with Gasteiger partial charge in [0.05, 0.1) is 11.4 Å². The second-order valence-corrected chi connectivity index (χ2v) is 14.5. The number of anilines is 4. The summed E-state index contributed by atoms with van der Waals surface area (Å²) in [4.78, 5) is 43.9. The average Bonchev–Trinajstić information content (AvgIpc) is 3.27. The number of amides is 3. The summed E-state index contributed by atoms with van der Waals surface area (Å²) < 4.78 is 6.32. The van der Waals surface area contributed by atoms with E-state index in [0.29, 0.717) is 63.4 Å². The number of piperidine rings is 1. The molecule has 7 rings (SSSR count). The minimum Gasteiger partial charge on any atom is -0.508 e. The summed E-state index contributed by atoms with van der Waals surface area (Å²) in [5.74, 6) is -0.0632. The molecule has 0 atom stereocenters. The van der Waals surface area contributed by atoms with Crippen molar-refractivity contribution in [3.8, 4) is 28.0 Å². The second kappa shape index (κ2) is 20.1. The van der Waals surface area contributed by atoms with E-state index in [9.17, 15) is 19.5 Å². The standard InChI is InChI=1S/C49H49N5O5/c55-46-25-12-7-18-38(46)35-50-30-26-47(56)51-39-19-13-20-40(34-39)52-48(57)29-33-53-31-27-41(28-32-53)59-49(58)54(44-23-10-8-21-42(44)36-14-3-1-4-15-36)45-24-11-9-22-43(45)37-16-5-2-6-17-37/h1-25,34,41,50,55H,26-33,35H2,(H,51,56)(H,52,57). The molecule has 1 aliphatic rings. The molecule has 0 radical (unpaired) electrons. The SMILES string of the molecule is O=C(CCNCc1ccccc1O)Nc1cccc(NC(=O)CCN2CCC(OC(=O)N(c3ccccc3-c3ccccc3)c3ccccc3-c3ccccc3)CC2)c1. The monoisotopic (exact) mass is 787 g/mol. The van der Waals surface area contributed by atoms with E-state index < -0.39 is 6.09 Å². The topological polar surface area (TPSA) is 123 Å². The van der Waals surface area contributed by atoms with E-state index in [0.717, 1.165) is 39.2 Å². The fraction of sp³-hybridized carbons (Fsp3) is 0.204. The molecule has 3 amide bonds. The molecule has 6 aromatic rings. The van der Waals surface area contributed by atoms with Crippen molar-refractivity contribution in [3.05, 3.63) is 163 Å². The van der Waals surface area contributed by atoms with Crippen LogP contribution in [0, 0.1) is 0 Å². The molecule has 59 heavy (non-hydrogen) atoms. The Morgan fingerprint density at radius 3 is 1.75 bits per heavy atom. The van der Waals surface area contributed by atoms with Crippen LogP contribution in [0.4, 0.5) is 27.5 Å². The van der Waals surface area contributed by atoms with Crippen LogP contribution in [0.3, 0.4) is 0 Å². The van der Waals surface area contributed by atoms with Gasteiger partial charge < -0.3 is 30.7 Å². The Morgan fingerprint density at radius 1 is 0.627 bits per heavy atom. The van der Waals surface area contributed by atoms with Crippen molar-refractivity contribution in [2.75, 3.05) is 41.7 Å². The van der Waals surface area contributed by atoms with Crippen LogP contribution in [-0.4, -0.2) is 60.2 Å². The van der Waals surface area contributed by atoms with Gasteiger partial charge in [-0.15, -0.1) is 0 Å². The van der Waals surface area contributed by atoms with Crippen molar-refractivity contribution >= 4 is 40.7 Å². The van der Waals surface area contributed by atoms with Gasteiger partial charge in [-0.05, 0) is 60.4 Å². The largest absolute Gasteiger partial charge is 0.508 e. The zero-order valence-corrected chi connectivity index (χ0v) is 32.9. The van der Waals surface area contributed by atoms with Gasteiger partial charge in [0.15, 0.2) is 0 Å². The smallest absolute Gasteiger partial charge is 0.419 e. The average molecular weight is 788 g/mol. The van der Waals surface area contributed by atoms with Gasteiger partial charge in [0.2, 0.25) is 11.8 Å². The lowest BCUT2D eigenvalue weighted by Gasteiger charge is -2.33. The number of hydrogen-bond acceptors (Lipinski definition) is 7. The van der Waals surface area contributed by atoms with Crippen molar-refractivity contribution in [2.45, 2.75) is 38.3 Å². The van der Waals surface area contributed by atoms with Crippen molar-refractivity contribution in [3.63, 3.8) is 0 Å². The molecule has 6 aromatic carbocycles. The highest BCUT2D eigenvalue weighted by Crippen LogP contribution is 2.40. The molecule has 0 aliphatic carbocycles. The Hall–Kier alpha value is -6.75. The molecule has 0 saturated carbocycles. The summed E-state index contributed by atoms with van der Waals surface area (Å²) in [5.41, 5.74) is 7.27. The highest BCUT2D eigenvalue weighted by Gasteiger charge is 2.29. The molecule has 10 nitrogen and oxygen atoms in total. The van der Waals surface area contributed by atoms with E-state index in [2.05, 4.69) is 20.9 Å². The van der Waals surface area contributed by atoms with Gasteiger partial charge in [0.25, 0.3) is 0 Å². The predicted molar refractivity (Wildman–Crippen MR) is 235 cm³/mol. The highest BCUT2D eigenvalue weighted by molar-refractivity contribution is 6.04. The van der Waals surface area contributed by atoms with E-state index in [1.165, 1.54) is 0 Å². The number of carbonyl (C=O) groups excluding carboxylic acids is 3. The Bertz CT molecular complexity index is 2250. The number of nitrogens with one attached hydrogen (secondary N) is 3. The number of aromatic hydroxyl groups is 1. The van der Waals surface area contributed by atoms with Crippen LogP contribution in [0.5, 0.6) is 5.75 Å². The van der Waals surface area contributed by atoms with E-state index in [1.54, 1.807) is 41.3 Å². The van der Waals surface area contributed by atoms with Crippen LogP contribution in [0.1, 0.15) is 31.2 Å². The number of hydrogen-bond donors (Lipinski definition) is 4. The molecule has 0 aromatic heterocycles. The van der Waals surface area contributed by atoms with E-state index >= 15 is 0 Å².